The minimum atomic E-state index is -1.55. The normalized spacial score (nSPS) is 15.0. The fourth-order valence-electron chi connectivity index (χ4n) is 3.82. The third-order valence-electron chi connectivity index (χ3n) is 5.52. The Morgan fingerprint density at radius 3 is 2.50 bits per heavy atom. The van der Waals surface area contributed by atoms with Crippen LogP contribution in [0.5, 0.6) is 0 Å². The predicted molar refractivity (Wildman–Crippen MR) is 133 cm³/mol. The lowest BCUT2D eigenvalue weighted by Crippen LogP contribution is -2.31. The number of nitrogens with zero attached hydrogens (tertiary/aromatic N) is 1. The van der Waals surface area contributed by atoms with Crippen LogP contribution in [0.2, 0.25) is 0 Å². The molecule has 7 heteroatoms. The van der Waals surface area contributed by atoms with Crippen LogP contribution < -0.4 is 10.2 Å². The molecule has 0 aliphatic carbocycles. The van der Waals surface area contributed by atoms with E-state index in [0.717, 1.165) is 5.56 Å². The van der Waals surface area contributed by atoms with E-state index >= 15 is 0 Å². The van der Waals surface area contributed by atoms with Crippen LogP contribution in [0.4, 0.5) is 5.69 Å². The molecule has 4 rings (SSSR count). The standard InChI is InChI=1S/C27H28N2O4S/c1-19(2)33-16-8-15-28-26(30)21-13-14-25-23(17-21)29(18-20-9-4-3-5-10-20)27(31)22-11-6-7-12-24(22)34(25)32/h3-7,9-14,17,19H,8,15-16,18H2,1-2H3,(H,28,30). The Labute approximate surface area is 202 Å². The summed E-state index contributed by atoms with van der Waals surface area (Å²) >= 11 is 0. The summed E-state index contributed by atoms with van der Waals surface area (Å²) in [6.45, 7) is 5.29. The fourth-order valence-corrected chi connectivity index (χ4v) is 5.17. The highest BCUT2D eigenvalue weighted by molar-refractivity contribution is 7.85. The molecule has 0 saturated heterocycles. The molecular weight excluding hydrogens is 448 g/mol. The van der Waals surface area contributed by atoms with Crippen molar-refractivity contribution in [3.63, 3.8) is 0 Å². The Bertz CT molecular complexity index is 1210. The van der Waals surface area contributed by atoms with E-state index in [1.807, 2.05) is 44.2 Å². The largest absolute Gasteiger partial charge is 0.379 e. The van der Waals surface area contributed by atoms with Gasteiger partial charge in [0.05, 0.1) is 44.5 Å². The van der Waals surface area contributed by atoms with Crippen LogP contribution in [-0.4, -0.2) is 35.3 Å². The summed E-state index contributed by atoms with van der Waals surface area (Å²) < 4.78 is 19.0. The SMILES string of the molecule is CC(C)OCCCNC(=O)c1ccc2c(c1)N(Cc1ccccc1)C(=O)c1ccccc1S2=O. The van der Waals surface area contributed by atoms with Gasteiger partial charge >= 0.3 is 0 Å². The molecule has 1 N–H and O–H groups in total. The number of nitrogens with one attached hydrogen (secondary N) is 1. The third-order valence-corrected chi connectivity index (χ3v) is 7.02. The lowest BCUT2D eigenvalue weighted by molar-refractivity contribution is 0.0757. The molecule has 0 saturated carbocycles. The van der Waals surface area contributed by atoms with E-state index < -0.39 is 10.8 Å². The molecule has 0 fully saturated rings. The molecule has 34 heavy (non-hydrogen) atoms. The van der Waals surface area contributed by atoms with Gasteiger partial charge in [0.2, 0.25) is 0 Å². The van der Waals surface area contributed by atoms with E-state index in [-0.39, 0.29) is 17.9 Å². The first kappa shape index (κ1) is 23.9. The van der Waals surface area contributed by atoms with Crippen LogP contribution in [0.25, 0.3) is 0 Å². The van der Waals surface area contributed by atoms with Crippen LogP contribution in [-0.2, 0) is 22.1 Å². The molecule has 3 aromatic carbocycles. The summed E-state index contributed by atoms with van der Waals surface area (Å²) in [5.41, 5.74) is 2.24. The van der Waals surface area contributed by atoms with Crippen molar-refractivity contribution in [1.29, 1.82) is 0 Å². The van der Waals surface area contributed by atoms with Gasteiger partial charge in [0.1, 0.15) is 0 Å². The number of carbonyl (C=O) groups is 2. The summed E-state index contributed by atoms with van der Waals surface area (Å²) in [5, 5.41) is 2.90. The van der Waals surface area contributed by atoms with Gasteiger partial charge in [-0.2, -0.15) is 0 Å². The third kappa shape index (κ3) is 5.26. The summed E-state index contributed by atoms with van der Waals surface area (Å²) in [6.07, 6.45) is 0.853. The molecule has 1 aliphatic heterocycles. The molecule has 1 heterocycles. The minimum Gasteiger partial charge on any atom is -0.379 e. The van der Waals surface area contributed by atoms with Crippen LogP contribution in [0.3, 0.4) is 0 Å². The smallest absolute Gasteiger partial charge is 0.259 e. The Morgan fingerprint density at radius 2 is 1.74 bits per heavy atom. The molecule has 1 aliphatic rings. The minimum absolute atomic E-state index is 0.151. The van der Waals surface area contributed by atoms with E-state index in [1.54, 1.807) is 47.4 Å². The van der Waals surface area contributed by atoms with E-state index in [2.05, 4.69) is 5.32 Å². The maximum Gasteiger partial charge on any atom is 0.259 e. The summed E-state index contributed by atoms with van der Waals surface area (Å²) in [7, 11) is -1.55. The van der Waals surface area contributed by atoms with Gasteiger partial charge < -0.3 is 15.0 Å². The van der Waals surface area contributed by atoms with Crippen LogP contribution in [0.15, 0.2) is 82.6 Å². The number of amides is 2. The molecule has 1 unspecified atom stereocenters. The van der Waals surface area contributed by atoms with Crippen LogP contribution in [0, 0.1) is 0 Å². The highest BCUT2D eigenvalue weighted by Crippen LogP contribution is 2.36. The number of hydrogen-bond donors (Lipinski definition) is 1. The van der Waals surface area contributed by atoms with Gasteiger partial charge in [0.25, 0.3) is 11.8 Å². The first-order valence-electron chi connectivity index (χ1n) is 11.4. The summed E-state index contributed by atoms with van der Waals surface area (Å²) in [5.74, 6) is -0.484. The van der Waals surface area contributed by atoms with Crippen molar-refractivity contribution < 1.29 is 18.5 Å². The highest BCUT2D eigenvalue weighted by atomic mass is 32.2. The molecule has 0 spiro atoms. The second kappa shape index (κ2) is 10.8. The molecule has 0 radical (unpaired) electrons. The number of fused-ring (bicyclic) bond motifs is 2. The summed E-state index contributed by atoms with van der Waals surface area (Å²) in [4.78, 5) is 29.0. The first-order chi connectivity index (χ1) is 16.5. The van der Waals surface area contributed by atoms with Crippen LogP contribution >= 0.6 is 0 Å². The first-order valence-corrected chi connectivity index (χ1v) is 12.5. The topological polar surface area (TPSA) is 75.7 Å². The van der Waals surface area contributed by atoms with Gasteiger partial charge in [-0.25, -0.2) is 4.21 Å². The monoisotopic (exact) mass is 476 g/mol. The predicted octanol–water partition coefficient (Wildman–Crippen LogP) is 4.56. The molecule has 6 nitrogen and oxygen atoms in total. The number of carbonyl (C=O) groups excluding carboxylic acids is 2. The average Bonchev–Trinajstić information content (AvgIpc) is 2.93. The Morgan fingerprint density at radius 1 is 1.00 bits per heavy atom. The quantitative estimate of drug-likeness (QED) is 0.484. The maximum absolute atomic E-state index is 13.6. The van der Waals surface area contributed by atoms with E-state index in [1.165, 1.54) is 0 Å². The van der Waals surface area contributed by atoms with Crippen molar-refractivity contribution in [3.8, 4) is 0 Å². The van der Waals surface area contributed by atoms with Crippen molar-refractivity contribution in [2.75, 3.05) is 18.1 Å². The van der Waals surface area contributed by atoms with Gasteiger partial charge in [-0.15, -0.1) is 0 Å². The molecule has 2 amide bonds. The second-order valence-corrected chi connectivity index (χ2v) is 9.77. The van der Waals surface area contributed by atoms with Crippen molar-refractivity contribution in [3.05, 3.63) is 89.5 Å². The number of ether oxygens (including phenoxy) is 1. The van der Waals surface area contributed by atoms with E-state index in [9.17, 15) is 13.8 Å². The zero-order valence-electron chi connectivity index (χ0n) is 19.3. The zero-order chi connectivity index (χ0) is 24.1. The van der Waals surface area contributed by atoms with Crippen molar-refractivity contribution in [1.82, 2.24) is 5.32 Å². The second-order valence-electron chi connectivity index (χ2n) is 8.35. The van der Waals surface area contributed by atoms with E-state index in [0.29, 0.717) is 52.7 Å². The Balaban J connectivity index is 1.66. The number of rotatable bonds is 8. The Kier molecular flexibility index (Phi) is 7.55. The zero-order valence-corrected chi connectivity index (χ0v) is 20.1. The molecule has 3 aromatic rings. The maximum atomic E-state index is 13.6. The van der Waals surface area contributed by atoms with Crippen molar-refractivity contribution in [2.24, 2.45) is 0 Å². The number of anilines is 1. The molecule has 176 valence electrons. The fraction of sp³-hybridized carbons (Fsp3) is 0.259. The molecular formula is C27H28N2O4S. The van der Waals surface area contributed by atoms with Crippen molar-refractivity contribution in [2.45, 2.75) is 42.7 Å². The average molecular weight is 477 g/mol. The molecule has 0 aromatic heterocycles. The summed E-state index contributed by atoms with van der Waals surface area (Å²) in [6, 6.07) is 21.6. The van der Waals surface area contributed by atoms with Crippen LogP contribution in [0.1, 0.15) is 46.5 Å². The molecule has 1 atom stereocenters. The van der Waals surface area contributed by atoms with Gasteiger partial charge in [-0.3, -0.25) is 9.59 Å². The molecule has 0 bridgehead atoms. The van der Waals surface area contributed by atoms with Gasteiger partial charge in [-0.1, -0.05) is 42.5 Å². The van der Waals surface area contributed by atoms with Gasteiger partial charge in [0, 0.05) is 18.7 Å². The van der Waals surface area contributed by atoms with Crippen molar-refractivity contribution >= 4 is 28.3 Å². The van der Waals surface area contributed by atoms with Gasteiger partial charge in [0.15, 0.2) is 0 Å². The van der Waals surface area contributed by atoms with E-state index in [4.69, 9.17) is 4.74 Å². The highest BCUT2D eigenvalue weighted by Gasteiger charge is 2.31. The van der Waals surface area contributed by atoms with Gasteiger partial charge in [-0.05, 0) is 56.2 Å². The number of benzene rings is 3. The lowest BCUT2D eigenvalue weighted by atomic mass is 10.1. The lowest BCUT2D eigenvalue weighted by Gasteiger charge is -2.23. The Hall–Kier alpha value is -3.29. The number of hydrogen-bond acceptors (Lipinski definition) is 4.